The molecule has 38 heavy (non-hydrogen) atoms. The van der Waals surface area contributed by atoms with Crippen molar-refractivity contribution in [3.8, 4) is 5.75 Å². The standard InChI is InChI=1S/C28H43BN4O5/c1-8-26-10-9-12-33-13-11-27(21(26)33)17-14-18(25(2,3)4)20(38-7)15-19(17)32(6)22(27)28(36,23(26)34)24(35)30-16-31-29(5)37/h9-10,14-15,21-23,31,34,36-37H,8,11-13,16H2,1-7H3,(H,30,35)/t21?,22?,23-,26-,27?,28+/m1/s1. The van der Waals surface area contributed by atoms with Gasteiger partial charge in [-0.15, -0.1) is 0 Å². The Kier molecular flexibility index (Phi) is 6.47. The van der Waals surface area contributed by atoms with E-state index in [4.69, 9.17) is 4.74 Å². The number of aliphatic hydroxyl groups is 2. The molecule has 10 heteroatoms. The summed E-state index contributed by atoms with van der Waals surface area (Å²) >= 11 is 0. The van der Waals surface area contributed by atoms with Crippen molar-refractivity contribution in [2.75, 3.05) is 38.8 Å². The lowest BCUT2D eigenvalue weighted by atomic mass is 9.47. The number of rotatable bonds is 6. The Bertz CT molecular complexity index is 1150. The number of anilines is 1. The summed E-state index contributed by atoms with van der Waals surface area (Å²) in [6.45, 7) is 11.6. The number of fused-ring (bicyclic) bond motifs is 1. The molecular weight excluding hydrogens is 483 g/mol. The van der Waals surface area contributed by atoms with Gasteiger partial charge in [0.25, 0.3) is 5.91 Å². The first-order valence-electron chi connectivity index (χ1n) is 13.8. The Morgan fingerprint density at radius 3 is 2.61 bits per heavy atom. The number of nitrogens with zero attached hydrogens (tertiary/aromatic N) is 2. The molecule has 3 aliphatic heterocycles. The SMILES string of the molecule is CC[C@]12C=CCN3CCC4(c5cc(C(C)(C)C)c(OC)cc5N(C)C4[C@@](O)(C(=O)NCNB(C)O)[C@@H]1O)C32. The average Bonchev–Trinajstić information content (AvgIpc) is 3.37. The van der Waals surface area contributed by atoms with Crippen LogP contribution in [0.3, 0.4) is 0 Å². The number of methoxy groups -OCH3 is 1. The van der Waals surface area contributed by atoms with Crippen LogP contribution in [-0.2, 0) is 15.6 Å². The maximum atomic E-state index is 14.0. The van der Waals surface area contributed by atoms with Gasteiger partial charge in [0.2, 0.25) is 0 Å². The molecule has 1 spiro atoms. The van der Waals surface area contributed by atoms with Gasteiger partial charge in [0.15, 0.2) is 5.60 Å². The summed E-state index contributed by atoms with van der Waals surface area (Å²) in [6.07, 6.45) is 4.12. The zero-order chi connectivity index (χ0) is 27.8. The molecular formula is C28H43BN4O5. The summed E-state index contributed by atoms with van der Waals surface area (Å²) in [5.41, 5.74) is -0.614. The van der Waals surface area contributed by atoms with Gasteiger partial charge < -0.3 is 35.4 Å². The Morgan fingerprint density at radius 2 is 2.00 bits per heavy atom. The zero-order valence-corrected chi connectivity index (χ0v) is 23.7. The average molecular weight is 526 g/mol. The minimum Gasteiger partial charge on any atom is -0.496 e. The smallest absolute Gasteiger partial charge is 0.375 e. The highest BCUT2D eigenvalue weighted by molar-refractivity contribution is 6.45. The largest absolute Gasteiger partial charge is 0.496 e. The third-order valence-electron chi connectivity index (χ3n) is 9.79. The van der Waals surface area contributed by atoms with E-state index in [1.165, 1.54) is 0 Å². The molecule has 1 saturated heterocycles. The number of hydrogen-bond donors (Lipinski definition) is 5. The second-order valence-electron chi connectivity index (χ2n) is 12.7. The van der Waals surface area contributed by atoms with Crippen LogP contribution in [-0.4, -0.2) is 90.8 Å². The molecule has 3 heterocycles. The van der Waals surface area contributed by atoms with Crippen LogP contribution in [0.4, 0.5) is 5.69 Å². The molecule has 0 aromatic heterocycles. The molecule has 1 aliphatic carbocycles. The van der Waals surface area contributed by atoms with E-state index >= 15 is 0 Å². The number of benzene rings is 1. The number of aliphatic hydroxyl groups excluding tert-OH is 1. The van der Waals surface area contributed by atoms with Crippen LogP contribution in [0.25, 0.3) is 0 Å². The van der Waals surface area contributed by atoms with E-state index in [0.717, 1.165) is 42.1 Å². The van der Waals surface area contributed by atoms with Crippen LogP contribution in [0.15, 0.2) is 24.3 Å². The predicted molar refractivity (Wildman–Crippen MR) is 148 cm³/mol. The monoisotopic (exact) mass is 526 g/mol. The number of carbonyl (C=O) groups excluding carboxylic acids is 1. The normalized spacial score (nSPS) is 35.5. The van der Waals surface area contributed by atoms with E-state index in [-0.39, 0.29) is 18.1 Å². The number of nitrogens with one attached hydrogen (secondary N) is 2. The van der Waals surface area contributed by atoms with E-state index in [1.54, 1.807) is 13.9 Å². The fourth-order valence-electron chi connectivity index (χ4n) is 8.29. The van der Waals surface area contributed by atoms with Gasteiger partial charge in [0, 0.05) is 42.2 Å². The van der Waals surface area contributed by atoms with Gasteiger partial charge in [-0.05, 0) is 48.8 Å². The maximum Gasteiger partial charge on any atom is 0.375 e. The first kappa shape index (κ1) is 27.5. The van der Waals surface area contributed by atoms with Gasteiger partial charge >= 0.3 is 7.05 Å². The minimum atomic E-state index is -2.12. The molecule has 5 N–H and O–H groups in total. The summed E-state index contributed by atoms with van der Waals surface area (Å²) in [7, 11) is 2.75. The van der Waals surface area contributed by atoms with Crippen molar-refractivity contribution in [3.63, 3.8) is 0 Å². The van der Waals surface area contributed by atoms with Crippen molar-refractivity contribution in [2.24, 2.45) is 5.41 Å². The third kappa shape index (κ3) is 3.40. The maximum absolute atomic E-state index is 14.0. The summed E-state index contributed by atoms with van der Waals surface area (Å²) in [6, 6.07) is 3.49. The highest BCUT2D eigenvalue weighted by Crippen LogP contribution is 2.67. The molecule has 208 valence electrons. The van der Waals surface area contributed by atoms with Crippen molar-refractivity contribution in [3.05, 3.63) is 35.4 Å². The van der Waals surface area contributed by atoms with Gasteiger partial charge in [-0.1, -0.05) is 39.8 Å². The van der Waals surface area contributed by atoms with E-state index in [9.17, 15) is 20.0 Å². The number of hydrogen-bond acceptors (Lipinski definition) is 8. The van der Waals surface area contributed by atoms with Crippen molar-refractivity contribution < 1.29 is 24.8 Å². The molecule has 9 nitrogen and oxygen atoms in total. The number of amides is 1. The second kappa shape index (κ2) is 8.96. The molecule has 0 bridgehead atoms. The summed E-state index contributed by atoms with van der Waals surface area (Å²) in [5, 5.41) is 39.9. The molecule has 1 aromatic rings. The fraction of sp³-hybridized carbons (Fsp3) is 0.679. The van der Waals surface area contributed by atoms with Crippen LogP contribution >= 0.6 is 0 Å². The lowest BCUT2D eigenvalue weighted by molar-refractivity contribution is -0.203. The molecule has 0 radical (unpaired) electrons. The molecule has 2 fully saturated rings. The van der Waals surface area contributed by atoms with Gasteiger partial charge in [-0.25, -0.2) is 0 Å². The predicted octanol–water partition coefficient (Wildman–Crippen LogP) is 0.969. The first-order valence-corrected chi connectivity index (χ1v) is 13.8. The lowest BCUT2D eigenvalue weighted by Gasteiger charge is -2.63. The van der Waals surface area contributed by atoms with Crippen LogP contribution in [0, 0.1) is 5.41 Å². The molecule has 1 saturated carbocycles. The van der Waals surface area contributed by atoms with Crippen LogP contribution in [0.2, 0.25) is 6.82 Å². The lowest BCUT2D eigenvalue weighted by Crippen LogP contribution is -2.82. The van der Waals surface area contributed by atoms with Crippen molar-refractivity contribution in [1.29, 1.82) is 0 Å². The Balaban J connectivity index is 1.77. The van der Waals surface area contributed by atoms with E-state index < -0.39 is 41.5 Å². The van der Waals surface area contributed by atoms with Gasteiger partial charge in [0.1, 0.15) is 11.9 Å². The minimum absolute atomic E-state index is 0.0333. The highest BCUT2D eigenvalue weighted by Gasteiger charge is 2.78. The summed E-state index contributed by atoms with van der Waals surface area (Å²) in [5.74, 6) is 0.127. The van der Waals surface area contributed by atoms with Crippen LogP contribution in [0.5, 0.6) is 5.75 Å². The second-order valence-corrected chi connectivity index (χ2v) is 12.7. The van der Waals surface area contributed by atoms with Crippen LogP contribution < -0.4 is 20.2 Å². The highest BCUT2D eigenvalue weighted by atomic mass is 16.5. The van der Waals surface area contributed by atoms with Gasteiger partial charge in [-0.3, -0.25) is 9.69 Å². The molecule has 3 unspecified atom stereocenters. The third-order valence-corrected chi connectivity index (χ3v) is 9.79. The summed E-state index contributed by atoms with van der Waals surface area (Å²) in [4.78, 5) is 18.4. The van der Waals surface area contributed by atoms with Crippen LogP contribution in [0.1, 0.15) is 51.7 Å². The zero-order valence-electron chi connectivity index (χ0n) is 23.7. The fourth-order valence-corrected chi connectivity index (χ4v) is 8.29. The van der Waals surface area contributed by atoms with Crippen molar-refractivity contribution >= 4 is 18.6 Å². The quantitative estimate of drug-likeness (QED) is 0.212. The number of carbonyl (C=O) groups is 1. The van der Waals surface area contributed by atoms with E-state index in [0.29, 0.717) is 6.42 Å². The molecule has 1 amide bonds. The van der Waals surface area contributed by atoms with Crippen molar-refractivity contribution in [1.82, 2.24) is 15.4 Å². The number of likely N-dealkylation sites (N-methyl/N-ethyl adjacent to an activating group) is 1. The van der Waals surface area contributed by atoms with Crippen molar-refractivity contribution in [2.45, 2.75) is 82.0 Å². The molecule has 5 rings (SSSR count). The topological polar surface area (TPSA) is 118 Å². The Labute approximate surface area is 226 Å². The molecule has 4 aliphatic rings. The Hall–Kier alpha value is -2.11. The van der Waals surface area contributed by atoms with Gasteiger partial charge in [-0.2, -0.15) is 0 Å². The van der Waals surface area contributed by atoms with E-state index in [2.05, 4.69) is 54.4 Å². The number of ether oxygens (including phenoxy) is 1. The first-order chi connectivity index (χ1) is 17.8. The van der Waals surface area contributed by atoms with Gasteiger partial charge in [0.05, 0.1) is 19.8 Å². The summed E-state index contributed by atoms with van der Waals surface area (Å²) < 4.78 is 5.85. The molecule has 6 atom stereocenters. The van der Waals surface area contributed by atoms with E-state index in [1.807, 2.05) is 24.9 Å². The Morgan fingerprint density at radius 1 is 1.29 bits per heavy atom. The molecule has 1 aromatic carbocycles.